The van der Waals surface area contributed by atoms with Gasteiger partial charge in [-0.1, -0.05) is 18.2 Å². The van der Waals surface area contributed by atoms with Gasteiger partial charge in [-0.05, 0) is 37.6 Å². The van der Waals surface area contributed by atoms with Crippen LogP contribution >= 0.6 is 0 Å². The molecule has 0 radical (unpaired) electrons. The highest BCUT2D eigenvalue weighted by Gasteiger charge is 2.03. The zero-order valence-electron chi connectivity index (χ0n) is 9.20. The third-order valence-electron chi connectivity index (χ3n) is 2.80. The van der Waals surface area contributed by atoms with E-state index < -0.39 is 0 Å². The summed E-state index contributed by atoms with van der Waals surface area (Å²) in [6.45, 7) is 5.09. The van der Waals surface area contributed by atoms with Crippen LogP contribution in [0.25, 0.3) is 0 Å². The van der Waals surface area contributed by atoms with Gasteiger partial charge in [-0.2, -0.15) is 0 Å². The van der Waals surface area contributed by atoms with Crippen LogP contribution in [0.5, 0.6) is 0 Å². The second-order valence-electron chi connectivity index (χ2n) is 3.90. The maximum atomic E-state index is 5.92. The fraction of sp³-hybridized carbons (Fsp3) is 0.231. The van der Waals surface area contributed by atoms with E-state index in [-0.39, 0.29) is 0 Å². The lowest BCUT2D eigenvalue weighted by Gasteiger charge is -2.11. The van der Waals surface area contributed by atoms with Crippen molar-refractivity contribution in [1.29, 1.82) is 0 Å². The number of benzene rings is 1. The molecular weight excluding hydrogens is 184 g/mol. The molecule has 15 heavy (non-hydrogen) atoms. The summed E-state index contributed by atoms with van der Waals surface area (Å²) in [5.74, 6) is 0. The van der Waals surface area contributed by atoms with Gasteiger partial charge in [0.25, 0.3) is 0 Å². The minimum Gasteiger partial charge on any atom is -0.398 e. The summed E-state index contributed by atoms with van der Waals surface area (Å²) in [6.07, 6.45) is 0. The second kappa shape index (κ2) is 3.81. The molecule has 2 aromatic rings. The Hall–Kier alpha value is -1.70. The van der Waals surface area contributed by atoms with Gasteiger partial charge in [-0.3, -0.25) is 0 Å². The molecule has 1 aromatic carbocycles. The molecule has 2 rings (SSSR count). The SMILES string of the molecule is Cc1ccc(C)n1Cc1ccccc1N. The molecular formula is C13H16N2. The smallest absolute Gasteiger partial charge is 0.0495 e. The van der Waals surface area contributed by atoms with E-state index in [1.165, 1.54) is 17.0 Å². The molecule has 78 valence electrons. The zero-order valence-corrected chi connectivity index (χ0v) is 9.20. The summed E-state index contributed by atoms with van der Waals surface area (Å²) in [5, 5.41) is 0. The Morgan fingerprint density at radius 3 is 2.20 bits per heavy atom. The Balaban J connectivity index is 2.34. The first-order valence-corrected chi connectivity index (χ1v) is 5.14. The van der Waals surface area contributed by atoms with Crippen LogP contribution in [-0.2, 0) is 6.54 Å². The minimum atomic E-state index is 0.858. The number of hydrogen-bond donors (Lipinski definition) is 1. The Kier molecular flexibility index (Phi) is 2.50. The van der Waals surface area contributed by atoms with Crippen molar-refractivity contribution in [3.63, 3.8) is 0 Å². The summed E-state index contributed by atoms with van der Waals surface area (Å²) in [6, 6.07) is 12.3. The summed E-state index contributed by atoms with van der Waals surface area (Å²) in [5.41, 5.74) is 10.5. The first-order valence-electron chi connectivity index (χ1n) is 5.14. The van der Waals surface area contributed by atoms with Crippen molar-refractivity contribution in [2.75, 3.05) is 5.73 Å². The predicted octanol–water partition coefficient (Wildman–Crippen LogP) is 2.74. The quantitative estimate of drug-likeness (QED) is 0.742. The summed E-state index contributed by atoms with van der Waals surface area (Å²) >= 11 is 0. The normalized spacial score (nSPS) is 10.5. The lowest BCUT2D eigenvalue weighted by Crippen LogP contribution is -2.05. The zero-order chi connectivity index (χ0) is 10.8. The highest BCUT2D eigenvalue weighted by Crippen LogP contribution is 2.15. The van der Waals surface area contributed by atoms with Gasteiger partial charge in [0.2, 0.25) is 0 Å². The van der Waals surface area contributed by atoms with Gasteiger partial charge < -0.3 is 10.3 Å². The molecule has 2 nitrogen and oxygen atoms in total. The van der Waals surface area contributed by atoms with Crippen LogP contribution in [0.2, 0.25) is 0 Å². The monoisotopic (exact) mass is 200 g/mol. The third-order valence-corrected chi connectivity index (χ3v) is 2.80. The fourth-order valence-electron chi connectivity index (χ4n) is 1.80. The van der Waals surface area contributed by atoms with E-state index in [0.29, 0.717) is 0 Å². The first kappa shape index (κ1) is 9.84. The van der Waals surface area contributed by atoms with Crippen molar-refractivity contribution in [2.45, 2.75) is 20.4 Å². The molecule has 0 saturated carbocycles. The van der Waals surface area contributed by atoms with E-state index in [1.807, 2.05) is 18.2 Å². The Morgan fingerprint density at radius 2 is 1.60 bits per heavy atom. The number of rotatable bonds is 2. The van der Waals surface area contributed by atoms with E-state index in [1.54, 1.807) is 0 Å². The van der Waals surface area contributed by atoms with E-state index in [2.05, 4.69) is 36.6 Å². The van der Waals surface area contributed by atoms with Crippen LogP contribution in [0.3, 0.4) is 0 Å². The van der Waals surface area contributed by atoms with Gasteiger partial charge in [0.1, 0.15) is 0 Å². The number of aromatic nitrogens is 1. The van der Waals surface area contributed by atoms with Crippen molar-refractivity contribution < 1.29 is 0 Å². The molecule has 0 aliphatic carbocycles. The number of aryl methyl sites for hydroxylation is 2. The number of anilines is 1. The third kappa shape index (κ3) is 1.89. The van der Waals surface area contributed by atoms with Gasteiger partial charge in [-0.15, -0.1) is 0 Å². The Bertz CT molecular complexity index is 450. The largest absolute Gasteiger partial charge is 0.398 e. The molecule has 1 aromatic heterocycles. The van der Waals surface area contributed by atoms with Crippen molar-refractivity contribution in [1.82, 2.24) is 4.57 Å². The van der Waals surface area contributed by atoms with Crippen LogP contribution in [0.1, 0.15) is 17.0 Å². The average molecular weight is 200 g/mol. The number of nitrogens with two attached hydrogens (primary N) is 1. The number of nitrogen functional groups attached to an aromatic ring is 1. The highest BCUT2D eigenvalue weighted by molar-refractivity contribution is 5.46. The van der Waals surface area contributed by atoms with Crippen LogP contribution < -0.4 is 5.73 Å². The lowest BCUT2D eigenvalue weighted by atomic mass is 10.2. The maximum absolute atomic E-state index is 5.92. The van der Waals surface area contributed by atoms with E-state index >= 15 is 0 Å². The van der Waals surface area contributed by atoms with E-state index in [9.17, 15) is 0 Å². The van der Waals surface area contributed by atoms with Crippen molar-refractivity contribution in [2.24, 2.45) is 0 Å². The fourth-order valence-corrected chi connectivity index (χ4v) is 1.80. The number of nitrogens with zero attached hydrogens (tertiary/aromatic N) is 1. The number of hydrogen-bond acceptors (Lipinski definition) is 1. The molecule has 0 fully saturated rings. The van der Waals surface area contributed by atoms with Gasteiger partial charge in [-0.25, -0.2) is 0 Å². The van der Waals surface area contributed by atoms with Crippen LogP contribution in [0.15, 0.2) is 36.4 Å². The van der Waals surface area contributed by atoms with Crippen LogP contribution in [0.4, 0.5) is 5.69 Å². The Labute approximate surface area is 90.3 Å². The average Bonchev–Trinajstić information content (AvgIpc) is 2.53. The van der Waals surface area contributed by atoms with Crippen LogP contribution in [0, 0.1) is 13.8 Å². The summed E-state index contributed by atoms with van der Waals surface area (Å²) < 4.78 is 2.27. The molecule has 0 aliphatic heterocycles. The summed E-state index contributed by atoms with van der Waals surface area (Å²) in [4.78, 5) is 0. The molecule has 2 N–H and O–H groups in total. The van der Waals surface area contributed by atoms with E-state index in [0.717, 1.165) is 12.2 Å². The summed E-state index contributed by atoms with van der Waals surface area (Å²) in [7, 11) is 0. The second-order valence-corrected chi connectivity index (χ2v) is 3.90. The van der Waals surface area contributed by atoms with Gasteiger partial charge >= 0.3 is 0 Å². The predicted molar refractivity (Wildman–Crippen MR) is 63.9 cm³/mol. The standard InChI is InChI=1S/C13H16N2/c1-10-7-8-11(2)15(10)9-12-5-3-4-6-13(12)14/h3-8H,9,14H2,1-2H3. The topological polar surface area (TPSA) is 30.9 Å². The van der Waals surface area contributed by atoms with E-state index in [4.69, 9.17) is 5.73 Å². The maximum Gasteiger partial charge on any atom is 0.0495 e. The van der Waals surface area contributed by atoms with Crippen molar-refractivity contribution in [3.8, 4) is 0 Å². The highest BCUT2D eigenvalue weighted by atomic mass is 15.0. The number of para-hydroxylation sites is 1. The van der Waals surface area contributed by atoms with Gasteiger partial charge in [0.05, 0.1) is 0 Å². The lowest BCUT2D eigenvalue weighted by molar-refractivity contribution is 0.751. The molecule has 0 unspecified atom stereocenters. The van der Waals surface area contributed by atoms with Gasteiger partial charge in [0.15, 0.2) is 0 Å². The molecule has 2 heteroatoms. The molecule has 0 bridgehead atoms. The molecule has 0 aliphatic rings. The molecule has 0 atom stereocenters. The van der Waals surface area contributed by atoms with Gasteiger partial charge in [0, 0.05) is 23.6 Å². The Morgan fingerprint density at radius 1 is 1.00 bits per heavy atom. The molecule has 0 spiro atoms. The molecule has 0 amide bonds. The minimum absolute atomic E-state index is 0.858. The molecule has 1 heterocycles. The first-order chi connectivity index (χ1) is 7.18. The van der Waals surface area contributed by atoms with Crippen molar-refractivity contribution >= 4 is 5.69 Å². The molecule has 0 saturated heterocycles. The van der Waals surface area contributed by atoms with Crippen LogP contribution in [-0.4, -0.2) is 4.57 Å². The van der Waals surface area contributed by atoms with Crippen molar-refractivity contribution in [3.05, 3.63) is 53.3 Å².